The summed E-state index contributed by atoms with van der Waals surface area (Å²) in [6.07, 6.45) is -4.42. The number of rotatable bonds is 3. The zero-order valence-corrected chi connectivity index (χ0v) is 13.8. The quantitative estimate of drug-likeness (QED) is 0.756. The van der Waals surface area contributed by atoms with E-state index in [2.05, 4.69) is 10.2 Å². The Morgan fingerprint density at radius 1 is 0.808 bits per heavy atom. The maximum atomic E-state index is 12.6. The van der Waals surface area contributed by atoms with Crippen LogP contribution >= 0.6 is 0 Å². The third kappa shape index (κ3) is 3.52. The van der Waals surface area contributed by atoms with E-state index in [-0.39, 0.29) is 9.92 Å². The molecule has 0 radical (unpaired) electrons. The molecule has 1 aromatic heterocycles. The Bertz CT molecular complexity index is 1070. The molecule has 0 spiro atoms. The van der Waals surface area contributed by atoms with Crippen molar-refractivity contribution >= 4 is 9.84 Å². The molecular weight excluding hydrogens is 369 g/mol. The van der Waals surface area contributed by atoms with Crippen LogP contribution in [0.25, 0.3) is 11.1 Å². The first-order valence-electron chi connectivity index (χ1n) is 7.26. The Morgan fingerprint density at radius 3 is 1.81 bits per heavy atom. The summed E-state index contributed by atoms with van der Waals surface area (Å²) < 4.78 is 62.7. The number of H-pyrrole nitrogens is 1. The van der Waals surface area contributed by atoms with Crippen molar-refractivity contribution in [1.82, 2.24) is 10.2 Å². The van der Waals surface area contributed by atoms with Crippen molar-refractivity contribution in [2.45, 2.75) is 16.1 Å². The Hall–Kier alpha value is -2.94. The van der Waals surface area contributed by atoms with Crippen molar-refractivity contribution in [3.63, 3.8) is 0 Å². The molecule has 0 bridgehead atoms. The fourth-order valence-corrected chi connectivity index (χ4v) is 3.43. The Kier molecular flexibility index (Phi) is 4.41. The summed E-state index contributed by atoms with van der Waals surface area (Å²) in [5.41, 5.74) is -0.206. The monoisotopic (exact) mass is 380 g/mol. The van der Waals surface area contributed by atoms with E-state index in [1.165, 1.54) is 36.4 Å². The van der Waals surface area contributed by atoms with Crippen molar-refractivity contribution in [3.8, 4) is 11.1 Å². The summed E-state index contributed by atoms with van der Waals surface area (Å²) in [7, 11) is -3.91. The van der Waals surface area contributed by atoms with E-state index in [1.807, 2.05) is 0 Å². The molecule has 0 saturated heterocycles. The van der Waals surface area contributed by atoms with Gasteiger partial charge in [0.15, 0.2) is 5.03 Å². The summed E-state index contributed by atoms with van der Waals surface area (Å²) in [5, 5.41) is 5.26. The van der Waals surface area contributed by atoms with Crippen molar-refractivity contribution in [2.24, 2.45) is 0 Å². The van der Waals surface area contributed by atoms with Gasteiger partial charge in [-0.1, -0.05) is 24.3 Å². The third-order valence-corrected chi connectivity index (χ3v) is 5.31. The molecule has 2 aromatic carbocycles. The van der Waals surface area contributed by atoms with Crippen molar-refractivity contribution < 1.29 is 21.6 Å². The van der Waals surface area contributed by atoms with Gasteiger partial charge in [0.2, 0.25) is 9.84 Å². The van der Waals surface area contributed by atoms with Gasteiger partial charge in [-0.05, 0) is 41.5 Å². The highest BCUT2D eigenvalue weighted by atomic mass is 32.2. The molecule has 0 atom stereocenters. The molecule has 0 saturated carbocycles. The topological polar surface area (TPSA) is 79.9 Å². The first-order valence-corrected chi connectivity index (χ1v) is 8.75. The predicted octanol–water partition coefficient (Wildman–Crippen LogP) is 3.29. The molecule has 3 rings (SSSR count). The first kappa shape index (κ1) is 17.9. The summed E-state index contributed by atoms with van der Waals surface area (Å²) in [6.45, 7) is 0. The molecule has 9 heteroatoms. The van der Waals surface area contributed by atoms with Crippen LogP contribution in [0, 0.1) is 0 Å². The van der Waals surface area contributed by atoms with Crippen molar-refractivity contribution in [1.29, 1.82) is 0 Å². The first-order chi connectivity index (χ1) is 12.2. The number of hydrogen-bond acceptors (Lipinski definition) is 4. The van der Waals surface area contributed by atoms with Gasteiger partial charge < -0.3 is 0 Å². The highest BCUT2D eigenvalue weighted by Crippen LogP contribution is 2.31. The van der Waals surface area contributed by atoms with Gasteiger partial charge in [-0.2, -0.15) is 18.3 Å². The van der Waals surface area contributed by atoms with Crippen molar-refractivity contribution in [2.75, 3.05) is 0 Å². The smallest absolute Gasteiger partial charge is 0.268 e. The Morgan fingerprint density at radius 2 is 1.35 bits per heavy atom. The van der Waals surface area contributed by atoms with Crippen LogP contribution in [0.2, 0.25) is 0 Å². The Labute approximate surface area is 146 Å². The van der Waals surface area contributed by atoms with Crippen LogP contribution in [0.15, 0.2) is 75.4 Å². The van der Waals surface area contributed by atoms with Gasteiger partial charge in [0.1, 0.15) is 0 Å². The van der Waals surface area contributed by atoms with Crippen LogP contribution in [-0.2, 0) is 16.0 Å². The molecule has 1 N–H and O–H groups in total. The minimum absolute atomic E-state index is 0.0484. The molecule has 0 unspecified atom stereocenters. The van der Waals surface area contributed by atoms with Crippen LogP contribution in [-0.4, -0.2) is 18.6 Å². The van der Waals surface area contributed by atoms with E-state index >= 15 is 0 Å². The molecule has 3 aromatic rings. The number of sulfone groups is 1. The Balaban J connectivity index is 1.91. The standard InChI is InChI=1S/C17H11F3N2O3S/c18-17(19,20)13-5-1-11(2-6-13)12-3-7-14(8-4-12)26(24,25)16-10-9-15(23)21-22-16/h1-10H,(H,21,23). The minimum atomic E-state index is -4.42. The van der Waals surface area contributed by atoms with Crippen LogP contribution in [0.5, 0.6) is 0 Å². The summed E-state index contributed by atoms with van der Waals surface area (Å²) in [4.78, 5) is 10.9. The van der Waals surface area contributed by atoms with E-state index in [4.69, 9.17) is 0 Å². The number of alkyl halides is 3. The highest BCUT2D eigenvalue weighted by Gasteiger charge is 2.30. The average Bonchev–Trinajstić information content (AvgIpc) is 2.62. The average molecular weight is 380 g/mol. The van der Waals surface area contributed by atoms with Gasteiger partial charge >= 0.3 is 6.18 Å². The molecule has 26 heavy (non-hydrogen) atoms. The molecule has 134 valence electrons. The van der Waals surface area contributed by atoms with Gasteiger partial charge in [-0.15, -0.1) is 0 Å². The summed E-state index contributed by atoms with van der Waals surface area (Å²) in [5.74, 6) is 0. The number of halogens is 3. The number of aromatic nitrogens is 2. The molecule has 0 aliphatic carbocycles. The second-order valence-corrected chi connectivity index (χ2v) is 7.26. The SMILES string of the molecule is O=c1ccc(S(=O)(=O)c2ccc(-c3ccc(C(F)(F)F)cc3)cc2)n[nH]1. The van der Waals surface area contributed by atoms with E-state index in [9.17, 15) is 26.4 Å². The lowest BCUT2D eigenvalue weighted by atomic mass is 10.0. The maximum Gasteiger partial charge on any atom is 0.416 e. The molecule has 0 fully saturated rings. The van der Waals surface area contributed by atoms with Gasteiger partial charge in [0.25, 0.3) is 5.56 Å². The molecule has 0 amide bonds. The lowest BCUT2D eigenvalue weighted by Gasteiger charge is -2.08. The lowest BCUT2D eigenvalue weighted by Crippen LogP contribution is -2.11. The molecule has 0 aliphatic rings. The van der Waals surface area contributed by atoms with E-state index in [0.717, 1.165) is 24.3 Å². The number of hydrogen-bond donors (Lipinski definition) is 1. The summed E-state index contributed by atoms with van der Waals surface area (Å²) in [6, 6.07) is 12.3. The third-order valence-electron chi connectivity index (χ3n) is 3.64. The minimum Gasteiger partial charge on any atom is -0.268 e. The van der Waals surface area contributed by atoms with Gasteiger partial charge in [0, 0.05) is 6.07 Å². The van der Waals surface area contributed by atoms with Crippen LogP contribution in [0.4, 0.5) is 13.2 Å². The number of nitrogens with one attached hydrogen (secondary N) is 1. The van der Waals surface area contributed by atoms with Crippen LogP contribution in [0.1, 0.15) is 5.56 Å². The van der Waals surface area contributed by atoms with E-state index in [0.29, 0.717) is 11.1 Å². The van der Waals surface area contributed by atoms with Gasteiger partial charge in [0.05, 0.1) is 10.5 Å². The predicted molar refractivity (Wildman–Crippen MR) is 87.2 cm³/mol. The lowest BCUT2D eigenvalue weighted by molar-refractivity contribution is -0.137. The highest BCUT2D eigenvalue weighted by molar-refractivity contribution is 7.91. The fourth-order valence-electron chi connectivity index (χ4n) is 2.28. The molecule has 0 aliphatic heterocycles. The zero-order valence-electron chi connectivity index (χ0n) is 13.0. The second kappa shape index (κ2) is 6.41. The number of benzene rings is 2. The maximum absolute atomic E-state index is 12.6. The normalized spacial score (nSPS) is 12.1. The second-order valence-electron chi connectivity index (χ2n) is 5.36. The van der Waals surface area contributed by atoms with Gasteiger partial charge in [-0.3, -0.25) is 4.79 Å². The summed E-state index contributed by atoms with van der Waals surface area (Å²) >= 11 is 0. The van der Waals surface area contributed by atoms with E-state index < -0.39 is 27.1 Å². The molecule has 1 heterocycles. The zero-order chi connectivity index (χ0) is 18.9. The number of nitrogens with zero attached hydrogens (tertiary/aromatic N) is 1. The van der Waals surface area contributed by atoms with Crippen molar-refractivity contribution in [3.05, 3.63) is 76.6 Å². The van der Waals surface area contributed by atoms with Crippen LogP contribution < -0.4 is 5.56 Å². The van der Waals surface area contributed by atoms with E-state index in [1.54, 1.807) is 0 Å². The van der Waals surface area contributed by atoms with Crippen LogP contribution in [0.3, 0.4) is 0 Å². The molecule has 5 nitrogen and oxygen atoms in total. The number of aromatic amines is 1. The molecular formula is C17H11F3N2O3S. The largest absolute Gasteiger partial charge is 0.416 e. The van der Waals surface area contributed by atoms with Gasteiger partial charge in [-0.25, -0.2) is 13.5 Å². The fraction of sp³-hybridized carbons (Fsp3) is 0.0588.